The van der Waals surface area contributed by atoms with Crippen molar-refractivity contribution < 1.29 is 13.2 Å². The van der Waals surface area contributed by atoms with Crippen LogP contribution < -0.4 is 10.5 Å². The molecule has 122 valence electrons. The van der Waals surface area contributed by atoms with Crippen molar-refractivity contribution in [3.63, 3.8) is 0 Å². The molecule has 1 unspecified atom stereocenters. The molecule has 0 aliphatic carbocycles. The van der Waals surface area contributed by atoms with Crippen molar-refractivity contribution in [3.05, 3.63) is 46.5 Å². The molecule has 1 aliphatic heterocycles. The first-order valence-corrected chi connectivity index (χ1v) is 7.15. The zero-order valence-corrected chi connectivity index (χ0v) is 12.1. The van der Waals surface area contributed by atoms with Crippen LogP contribution in [0, 0.1) is 0 Å². The van der Waals surface area contributed by atoms with E-state index in [0.29, 0.717) is 18.9 Å². The molecule has 3 heterocycles. The summed E-state index contributed by atoms with van der Waals surface area (Å²) in [5.74, 6) is 0.379. The van der Waals surface area contributed by atoms with E-state index in [4.69, 9.17) is 0 Å². The van der Waals surface area contributed by atoms with E-state index in [-0.39, 0.29) is 11.6 Å². The van der Waals surface area contributed by atoms with Gasteiger partial charge >= 0.3 is 6.18 Å². The van der Waals surface area contributed by atoms with Crippen LogP contribution in [0.4, 0.5) is 19.0 Å². The fraction of sp³-hybridized carbons (Fsp3) is 0.429. The zero-order valence-electron chi connectivity index (χ0n) is 12.1. The van der Waals surface area contributed by atoms with Crippen molar-refractivity contribution >= 4 is 5.82 Å². The number of halogens is 3. The third-order valence-corrected chi connectivity index (χ3v) is 3.78. The number of nitrogens with zero attached hydrogens (tertiary/aromatic N) is 5. The summed E-state index contributed by atoms with van der Waals surface area (Å²) in [5.41, 5.74) is -1.23. The van der Waals surface area contributed by atoms with Crippen molar-refractivity contribution in [1.82, 2.24) is 20.0 Å². The van der Waals surface area contributed by atoms with Crippen LogP contribution in [0.5, 0.6) is 0 Å². The van der Waals surface area contributed by atoms with Gasteiger partial charge in [-0.1, -0.05) is 0 Å². The minimum absolute atomic E-state index is 0.0476. The van der Waals surface area contributed by atoms with Crippen molar-refractivity contribution in [2.24, 2.45) is 0 Å². The van der Waals surface area contributed by atoms with Crippen LogP contribution in [0.25, 0.3) is 0 Å². The topological polar surface area (TPSA) is 63.9 Å². The van der Waals surface area contributed by atoms with Gasteiger partial charge in [-0.15, -0.1) is 10.2 Å². The van der Waals surface area contributed by atoms with E-state index in [9.17, 15) is 18.0 Å². The molecular weight excluding hydrogens is 311 g/mol. The molecule has 1 fully saturated rings. The Morgan fingerprint density at radius 1 is 1.22 bits per heavy atom. The van der Waals surface area contributed by atoms with Crippen molar-refractivity contribution in [1.29, 1.82) is 0 Å². The Morgan fingerprint density at radius 3 is 2.70 bits per heavy atom. The normalized spacial score (nSPS) is 18.4. The summed E-state index contributed by atoms with van der Waals surface area (Å²) < 4.78 is 39.0. The summed E-state index contributed by atoms with van der Waals surface area (Å²) in [6, 6.07) is 5.17. The summed E-state index contributed by atoms with van der Waals surface area (Å²) in [4.78, 5) is 13.6. The van der Waals surface area contributed by atoms with E-state index in [2.05, 4.69) is 15.3 Å². The highest BCUT2D eigenvalue weighted by molar-refractivity contribution is 5.40. The Hall–Kier alpha value is -2.45. The number of hydrogen-bond acceptors (Lipinski definition) is 5. The van der Waals surface area contributed by atoms with Gasteiger partial charge in [0, 0.05) is 18.8 Å². The summed E-state index contributed by atoms with van der Waals surface area (Å²) in [7, 11) is 0. The minimum Gasteiger partial charge on any atom is -0.350 e. The first-order valence-electron chi connectivity index (χ1n) is 7.15. The molecule has 23 heavy (non-hydrogen) atoms. The quantitative estimate of drug-likeness (QED) is 0.860. The smallest absolute Gasteiger partial charge is 0.350 e. The number of rotatable bonds is 3. The van der Waals surface area contributed by atoms with Crippen molar-refractivity contribution in [2.75, 3.05) is 11.4 Å². The lowest BCUT2D eigenvalue weighted by Crippen LogP contribution is -2.37. The standard InChI is InChI=1S/C14H14F3N5O/c15-14(16,17)11-5-6-12(20-19-11)21-8-2-3-10(21)9-22-13(23)4-1-7-18-22/h1,4-7,10H,2-3,8-9H2. The van der Waals surface area contributed by atoms with E-state index in [1.165, 1.54) is 23.0 Å². The van der Waals surface area contributed by atoms with Crippen LogP contribution in [-0.2, 0) is 12.7 Å². The van der Waals surface area contributed by atoms with Crippen LogP contribution >= 0.6 is 0 Å². The number of aromatic nitrogens is 4. The highest BCUT2D eigenvalue weighted by Crippen LogP contribution is 2.29. The lowest BCUT2D eigenvalue weighted by atomic mass is 10.2. The molecule has 0 spiro atoms. The molecule has 0 saturated carbocycles. The average Bonchev–Trinajstić information content (AvgIpc) is 2.97. The molecule has 0 amide bonds. The summed E-state index contributed by atoms with van der Waals surface area (Å²) in [6.07, 6.45) is -1.30. The van der Waals surface area contributed by atoms with E-state index >= 15 is 0 Å². The molecule has 3 rings (SSSR count). The van der Waals surface area contributed by atoms with Crippen LogP contribution in [-0.4, -0.2) is 32.6 Å². The third kappa shape index (κ3) is 3.33. The second-order valence-electron chi connectivity index (χ2n) is 5.31. The Morgan fingerprint density at radius 2 is 2.04 bits per heavy atom. The van der Waals surface area contributed by atoms with Crippen LogP contribution in [0.2, 0.25) is 0 Å². The number of alkyl halides is 3. The average molecular weight is 325 g/mol. The van der Waals surface area contributed by atoms with Crippen LogP contribution in [0.3, 0.4) is 0 Å². The minimum atomic E-state index is -4.50. The van der Waals surface area contributed by atoms with Gasteiger partial charge in [0.1, 0.15) is 0 Å². The fourth-order valence-electron chi connectivity index (χ4n) is 2.68. The van der Waals surface area contributed by atoms with Gasteiger partial charge in [0.25, 0.3) is 5.56 Å². The van der Waals surface area contributed by atoms with E-state index in [1.54, 1.807) is 6.07 Å². The van der Waals surface area contributed by atoms with Crippen LogP contribution in [0.1, 0.15) is 18.5 Å². The second-order valence-corrected chi connectivity index (χ2v) is 5.31. The van der Waals surface area contributed by atoms with Crippen molar-refractivity contribution in [2.45, 2.75) is 31.6 Å². The van der Waals surface area contributed by atoms with Gasteiger partial charge in [0.2, 0.25) is 0 Å². The van der Waals surface area contributed by atoms with Gasteiger partial charge in [0.15, 0.2) is 11.5 Å². The molecule has 9 heteroatoms. The van der Waals surface area contributed by atoms with E-state index in [1.807, 2.05) is 4.90 Å². The molecule has 0 bridgehead atoms. The second kappa shape index (κ2) is 5.98. The molecule has 6 nitrogen and oxygen atoms in total. The molecule has 0 aromatic carbocycles. The highest BCUT2D eigenvalue weighted by Gasteiger charge is 2.34. The lowest BCUT2D eigenvalue weighted by molar-refractivity contribution is -0.141. The highest BCUT2D eigenvalue weighted by atomic mass is 19.4. The predicted molar refractivity (Wildman–Crippen MR) is 75.9 cm³/mol. The summed E-state index contributed by atoms with van der Waals surface area (Å²) >= 11 is 0. The lowest BCUT2D eigenvalue weighted by Gasteiger charge is -2.25. The Labute approximate surface area is 129 Å². The van der Waals surface area contributed by atoms with E-state index < -0.39 is 11.9 Å². The fourth-order valence-corrected chi connectivity index (χ4v) is 2.68. The first-order chi connectivity index (χ1) is 10.9. The summed E-state index contributed by atoms with van der Waals surface area (Å²) in [5, 5.41) is 11.0. The SMILES string of the molecule is O=c1cccnn1CC1CCCN1c1ccc(C(F)(F)F)nn1. The third-order valence-electron chi connectivity index (χ3n) is 3.78. The Balaban J connectivity index is 1.79. The maximum atomic E-state index is 12.5. The Bertz CT molecular complexity index is 728. The number of anilines is 1. The maximum absolute atomic E-state index is 12.5. The van der Waals surface area contributed by atoms with Gasteiger partial charge in [-0.2, -0.15) is 18.3 Å². The van der Waals surface area contributed by atoms with Gasteiger partial charge in [-0.3, -0.25) is 4.79 Å². The molecule has 1 aliphatic rings. The van der Waals surface area contributed by atoms with Gasteiger partial charge in [-0.25, -0.2) is 4.68 Å². The predicted octanol–water partition coefficient (Wildman–Crippen LogP) is 1.72. The maximum Gasteiger partial charge on any atom is 0.435 e. The van der Waals surface area contributed by atoms with E-state index in [0.717, 1.165) is 18.9 Å². The molecular formula is C14H14F3N5O. The first kappa shape index (κ1) is 15.4. The van der Waals surface area contributed by atoms with Gasteiger partial charge in [0.05, 0.1) is 12.6 Å². The van der Waals surface area contributed by atoms with Crippen LogP contribution in [0.15, 0.2) is 35.3 Å². The zero-order chi connectivity index (χ0) is 16.4. The monoisotopic (exact) mass is 325 g/mol. The van der Waals surface area contributed by atoms with Gasteiger partial charge in [-0.05, 0) is 31.0 Å². The molecule has 1 saturated heterocycles. The van der Waals surface area contributed by atoms with Gasteiger partial charge < -0.3 is 4.90 Å². The molecule has 2 aromatic rings. The Kier molecular flexibility index (Phi) is 4.01. The largest absolute Gasteiger partial charge is 0.435 e. The summed E-state index contributed by atoms with van der Waals surface area (Å²) in [6.45, 7) is 1.02. The molecule has 0 radical (unpaired) electrons. The molecule has 1 atom stereocenters. The molecule has 0 N–H and O–H groups in total. The van der Waals surface area contributed by atoms with Crippen molar-refractivity contribution in [3.8, 4) is 0 Å². The molecule has 2 aromatic heterocycles. The number of hydrogen-bond donors (Lipinski definition) is 0.